The second kappa shape index (κ2) is 5.27. The van der Waals surface area contributed by atoms with Crippen molar-refractivity contribution < 1.29 is 13.2 Å². The summed E-state index contributed by atoms with van der Waals surface area (Å²) in [4.78, 5) is 3.98. The number of hydrogen-bond acceptors (Lipinski definition) is 2. The Bertz CT molecular complexity index is 605. The van der Waals surface area contributed by atoms with Crippen LogP contribution in [0.25, 0.3) is 0 Å². The van der Waals surface area contributed by atoms with Gasteiger partial charge in [0, 0.05) is 22.8 Å². The van der Waals surface area contributed by atoms with Gasteiger partial charge in [0.05, 0.1) is 10.2 Å². The van der Waals surface area contributed by atoms with E-state index in [2.05, 4.69) is 42.2 Å². The molecule has 0 saturated heterocycles. The first-order chi connectivity index (χ1) is 8.47. The number of halogens is 5. The summed E-state index contributed by atoms with van der Waals surface area (Å²) in [5.74, 6) is -2.97. The molecule has 2 rings (SSSR count). The standard InChI is InChI=1S/C11H5Br2F3N2/c12-5-1-6(13)11(17-4-5)18-10-3-8(15)7(14)2-9(10)16/h1-4H,(H,17,18). The molecule has 2 aromatic rings. The summed E-state index contributed by atoms with van der Waals surface area (Å²) in [6, 6.07) is 2.90. The Morgan fingerprint density at radius 1 is 0.944 bits per heavy atom. The highest BCUT2D eigenvalue weighted by Gasteiger charge is 2.11. The van der Waals surface area contributed by atoms with E-state index in [1.807, 2.05) is 0 Å². The first-order valence-corrected chi connectivity index (χ1v) is 6.28. The summed E-state index contributed by atoms with van der Waals surface area (Å²) < 4.78 is 40.5. The Hall–Kier alpha value is -1.08. The van der Waals surface area contributed by atoms with Crippen molar-refractivity contribution in [2.75, 3.05) is 5.32 Å². The van der Waals surface area contributed by atoms with E-state index in [0.29, 0.717) is 16.4 Å². The van der Waals surface area contributed by atoms with Crippen LogP contribution >= 0.6 is 31.9 Å². The van der Waals surface area contributed by atoms with Crippen LogP contribution in [0.1, 0.15) is 0 Å². The molecule has 1 heterocycles. The Labute approximate surface area is 117 Å². The van der Waals surface area contributed by atoms with Gasteiger partial charge in [0.15, 0.2) is 11.6 Å². The summed E-state index contributed by atoms with van der Waals surface area (Å²) in [7, 11) is 0. The van der Waals surface area contributed by atoms with Crippen LogP contribution < -0.4 is 5.32 Å². The molecular weight excluding hydrogens is 377 g/mol. The molecule has 0 atom stereocenters. The number of benzene rings is 1. The molecule has 7 heteroatoms. The van der Waals surface area contributed by atoms with Gasteiger partial charge in [-0.2, -0.15) is 0 Å². The molecular formula is C11H5Br2F3N2. The minimum Gasteiger partial charge on any atom is -0.337 e. The molecule has 0 aliphatic carbocycles. The van der Waals surface area contributed by atoms with Gasteiger partial charge in [-0.3, -0.25) is 0 Å². The molecule has 0 unspecified atom stereocenters. The summed E-state index contributed by atoms with van der Waals surface area (Å²) in [6.45, 7) is 0. The molecule has 0 fully saturated rings. The average Bonchev–Trinajstić information content (AvgIpc) is 2.29. The van der Waals surface area contributed by atoms with Gasteiger partial charge < -0.3 is 5.32 Å². The summed E-state index contributed by atoms with van der Waals surface area (Å²) in [5.41, 5.74) is -0.190. The quantitative estimate of drug-likeness (QED) is 0.758. The lowest BCUT2D eigenvalue weighted by Crippen LogP contribution is -1.99. The van der Waals surface area contributed by atoms with Crippen LogP contribution in [0.3, 0.4) is 0 Å². The highest BCUT2D eigenvalue weighted by molar-refractivity contribution is 9.11. The molecule has 0 aliphatic rings. The van der Waals surface area contributed by atoms with Crippen molar-refractivity contribution in [2.24, 2.45) is 0 Å². The van der Waals surface area contributed by atoms with Gasteiger partial charge in [-0.1, -0.05) is 0 Å². The lowest BCUT2D eigenvalue weighted by Gasteiger charge is -2.09. The number of pyridine rings is 1. The summed E-state index contributed by atoms with van der Waals surface area (Å²) in [6.07, 6.45) is 1.49. The van der Waals surface area contributed by atoms with Gasteiger partial charge in [-0.05, 0) is 37.9 Å². The fourth-order valence-corrected chi connectivity index (χ4v) is 2.34. The van der Waals surface area contributed by atoms with E-state index in [0.717, 1.165) is 10.5 Å². The molecule has 0 saturated carbocycles. The van der Waals surface area contributed by atoms with Crippen LogP contribution in [0, 0.1) is 17.5 Å². The van der Waals surface area contributed by atoms with E-state index in [1.54, 1.807) is 6.07 Å². The smallest absolute Gasteiger partial charge is 0.161 e. The Morgan fingerprint density at radius 2 is 1.61 bits per heavy atom. The largest absolute Gasteiger partial charge is 0.337 e. The molecule has 94 valence electrons. The maximum Gasteiger partial charge on any atom is 0.161 e. The van der Waals surface area contributed by atoms with Crippen molar-refractivity contribution in [1.82, 2.24) is 4.98 Å². The van der Waals surface area contributed by atoms with Crippen molar-refractivity contribution >= 4 is 43.4 Å². The van der Waals surface area contributed by atoms with Gasteiger partial charge >= 0.3 is 0 Å². The highest BCUT2D eigenvalue weighted by atomic mass is 79.9. The minimum atomic E-state index is -1.24. The molecule has 0 aliphatic heterocycles. The third-order valence-electron chi connectivity index (χ3n) is 2.07. The van der Waals surface area contributed by atoms with Gasteiger partial charge in [-0.15, -0.1) is 0 Å². The van der Waals surface area contributed by atoms with Crippen LogP contribution in [0.15, 0.2) is 33.3 Å². The summed E-state index contributed by atoms with van der Waals surface area (Å²) in [5, 5.41) is 2.58. The Morgan fingerprint density at radius 3 is 2.28 bits per heavy atom. The lowest BCUT2D eigenvalue weighted by molar-refractivity contribution is 0.496. The van der Waals surface area contributed by atoms with Crippen molar-refractivity contribution in [3.8, 4) is 0 Å². The maximum absolute atomic E-state index is 13.4. The third-order valence-corrected chi connectivity index (χ3v) is 3.11. The normalized spacial score (nSPS) is 10.5. The SMILES string of the molecule is Fc1cc(F)c(Nc2ncc(Br)cc2Br)cc1F. The molecule has 1 aromatic carbocycles. The predicted molar refractivity (Wildman–Crippen MR) is 69.2 cm³/mol. The fourth-order valence-electron chi connectivity index (χ4n) is 1.25. The van der Waals surface area contributed by atoms with Gasteiger partial charge in [-0.25, -0.2) is 18.2 Å². The van der Waals surface area contributed by atoms with E-state index in [1.165, 1.54) is 6.20 Å². The van der Waals surface area contributed by atoms with Crippen molar-refractivity contribution in [2.45, 2.75) is 0 Å². The molecule has 0 bridgehead atoms. The monoisotopic (exact) mass is 380 g/mol. The van der Waals surface area contributed by atoms with E-state index in [-0.39, 0.29) is 5.69 Å². The number of nitrogens with zero attached hydrogens (tertiary/aromatic N) is 1. The van der Waals surface area contributed by atoms with E-state index < -0.39 is 17.5 Å². The van der Waals surface area contributed by atoms with Gasteiger partial charge in [0.25, 0.3) is 0 Å². The Kier molecular flexibility index (Phi) is 3.91. The molecule has 2 nitrogen and oxygen atoms in total. The number of anilines is 2. The average molecular weight is 382 g/mol. The lowest BCUT2D eigenvalue weighted by atomic mass is 10.3. The molecule has 18 heavy (non-hydrogen) atoms. The first-order valence-electron chi connectivity index (χ1n) is 4.70. The zero-order chi connectivity index (χ0) is 13.3. The topological polar surface area (TPSA) is 24.9 Å². The summed E-state index contributed by atoms with van der Waals surface area (Å²) >= 11 is 6.43. The Balaban J connectivity index is 2.37. The first kappa shape index (κ1) is 13.4. The fraction of sp³-hybridized carbons (Fsp3) is 0. The number of aromatic nitrogens is 1. The van der Waals surface area contributed by atoms with Crippen molar-refractivity contribution in [3.05, 3.63) is 50.8 Å². The second-order valence-corrected chi connectivity index (χ2v) is 5.13. The molecule has 0 radical (unpaired) electrons. The van der Waals surface area contributed by atoms with Crippen molar-refractivity contribution in [1.29, 1.82) is 0 Å². The molecule has 0 amide bonds. The highest BCUT2D eigenvalue weighted by Crippen LogP contribution is 2.28. The van der Waals surface area contributed by atoms with Gasteiger partial charge in [0.1, 0.15) is 11.6 Å². The molecule has 0 spiro atoms. The second-order valence-electron chi connectivity index (χ2n) is 3.36. The van der Waals surface area contributed by atoms with E-state index in [9.17, 15) is 13.2 Å². The zero-order valence-corrected chi connectivity index (χ0v) is 11.8. The van der Waals surface area contributed by atoms with Crippen LogP contribution in [0.2, 0.25) is 0 Å². The van der Waals surface area contributed by atoms with Crippen LogP contribution in [-0.4, -0.2) is 4.98 Å². The number of nitrogens with one attached hydrogen (secondary N) is 1. The van der Waals surface area contributed by atoms with Crippen molar-refractivity contribution in [3.63, 3.8) is 0 Å². The minimum absolute atomic E-state index is 0.190. The van der Waals surface area contributed by atoms with E-state index >= 15 is 0 Å². The van der Waals surface area contributed by atoms with Crippen LogP contribution in [0.4, 0.5) is 24.7 Å². The number of hydrogen-bond donors (Lipinski definition) is 1. The van der Waals surface area contributed by atoms with E-state index in [4.69, 9.17) is 0 Å². The third kappa shape index (κ3) is 2.84. The maximum atomic E-state index is 13.4. The van der Waals surface area contributed by atoms with Gasteiger partial charge in [0.2, 0.25) is 0 Å². The molecule has 1 aromatic heterocycles. The predicted octanol–water partition coefficient (Wildman–Crippen LogP) is 4.77. The zero-order valence-electron chi connectivity index (χ0n) is 8.65. The van der Waals surface area contributed by atoms with Crippen LogP contribution in [0.5, 0.6) is 0 Å². The number of rotatable bonds is 2. The van der Waals surface area contributed by atoms with Crippen LogP contribution in [-0.2, 0) is 0 Å². The molecule has 1 N–H and O–H groups in total.